The van der Waals surface area contributed by atoms with Crippen molar-refractivity contribution in [3.63, 3.8) is 0 Å². The van der Waals surface area contributed by atoms with Crippen LogP contribution in [-0.4, -0.2) is 29.1 Å². The van der Waals surface area contributed by atoms with Crippen LogP contribution < -0.4 is 0 Å². The van der Waals surface area contributed by atoms with Gasteiger partial charge in [-0.1, -0.05) is 206 Å². The third-order valence-electron chi connectivity index (χ3n) is 17.4. The summed E-state index contributed by atoms with van der Waals surface area (Å²) in [4.78, 5) is 19.6. The van der Waals surface area contributed by atoms with E-state index in [0.29, 0.717) is 38.8 Å². The molecule has 0 aliphatic heterocycles. The van der Waals surface area contributed by atoms with Crippen molar-refractivity contribution in [2.75, 3.05) is 0 Å². The molecule has 16 aromatic rings. The Bertz CT molecular complexity index is 4920. The van der Waals surface area contributed by atoms with Crippen LogP contribution in [0.25, 0.3) is 156 Å². The molecular weight excluding hydrogens is 1140 g/mol. The number of hydrogen-bond donors (Lipinski definition) is 0. The quantitative estimate of drug-likeness (QED) is 0.129. The Morgan fingerprint density at radius 2 is 0.576 bits per heavy atom. The molecule has 0 saturated carbocycles. The summed E-state index contributed by atoms with van der Waals surface area (Å²) in [6.45, 7) is 0. The molecule has 16 rings (SSSR count). The Morgan fingerprint density at radius 1 is 0.283 bits per heavy atom. The van der Waals surface area contributed by atoms with Crippen LogP contribution in [0.1, 0.15) is 11.1 Å². The van der Waals surface area contributed by atoms with Crippen LogP contribution in [0.15, 0.2) is 304 Å². The fraction of sp³-hybridized carbons (Fsp3) is 0.0122. The average Bonchev–Trinajstić information content (AvgIpc) is 1.53. The highest BCUT2D eigenvalue weighted by Crippen LogP contribution is 2.48. The molecule has 10 aromatic carbocycles. The van der Waals surface area contributed by atoms with Gasteiger partial charge in [-0.25, -0.2) is 0 Å². The van der Waals surface area contributed by atoms with Crippen LogP contribution in [0.3, 0.4) is 0 Å². The third kappa shape index (κ3) is 10.0. The highest BCUT2D eigenvalue weighted by molar-refractivity contribution is 6.14. The van der Waals surface area contributed by atoms with E-state index in [0.717, 1.165) is 111 Å². The molecule has 0 radical (unpaired) electrons. The standard InChI is InChI=1S/C82H50F3N7/c83-82(84,85)66-45-79(91-75-41-57(62-28-36-71(87-48-62)53-15-5-1-6-16-53)24-32-67(75)68-33-25-58(42-76(68)91)63-29-37-72(88-49-63)54-17-7-2-8-18-54)81(61-23-13-14-52(40-61)47-86)80(46-66)92-77-43-59(64-30-38-73(89-50-64)55-19-9-3-10-20-55)26-34-69(77)70-35-27-60(44-78(70)92)65-31-39-74(90-51-65)56-21-11-4-12-22-56/h1-46,48-51H. The number of benzene rings is 10. The van der Waals surface area contributed by atoms with E-state index in [9.17, 15) is 5.26 Å². The second-order valence-electron chi connectivity index (χ2n) is 22.9. The van der Waals surface area contributed by atoms with E-state index >= 15 is 13.2 Å². The fourth-order valence-corrected chi connectivity index (χ4v) is 12.8. The van der Waals surface area contributed by atoms with Gasteiger partial charge in [-0.15, -0.1) is 0 Å². The number of hydrogen-bond acceptors (Lipinski definition) is 5. The Labute approximate surface area is 527 Å². The number of nitrogens with zero attached hydrogens (tertiary/aromatic N) is 7. The normalized spacial score (nSPS) is 11.6. The zero-order chi connectivity index (χ0) is 61.9. The van der Waals surface area contributed by atoms with Crippen molar-refractivity contribution in [2.45, 2.75) is 6.18 Å². The summed E-state index contributed by atoms with van der Waals surface area (Å²) in [5, 5.41) is 14.0. The lowest BCUT2D eigenvalue weighted by Gasteiger charge is -2.23. The Kier molecular flexibility index (Phi) is 13.6. The van der Waals surface area contributed by atoms with Crippen molar-refractivity contribution in [1.82, 2.24) is 29.1 Å². The van der Waals surface area contributed by atoms with Gasteiger partial charge in [0.05, 0.1) is 73.4 Å². The van der Waals surface area contributed by atoms with E-state index in [-0.39, 0.29) is 11.4 Å². The Balaban J connectivity index is 0.989. The molecule has 0 aliphatic carbocycles. The lowest BCUT2D eigenvalue weighted by Crippen LogP contribution is -2.11. The summed E-state index contributed by atoms with van der Waals surface area (Å²) in [6.07, 6.45) is 2.52. The number of pyridine rings is 4. The zero-order valence-corrected chi connectivity index (χ0v) is 49.1. The second kappa shape index (κ2) is 22.7. The Hall–Kier alpha value is -12.3. The molecule has 0 fully saturated rings. The molecule has 10 heteroatoms. The molecule has 6 heterocycles. The molecule has 7 nitrogen and oxygen atoms in total. The number of rotatable bonds is 11. The highest BCUT2D eigenvalue weighted by atomic mass is 19.4. The third-order valence-corrected chi connectivity index (χ3v) is 17.4. The van der Waals surface area contributed by atoms with Crippen LogP contribution in [-0.2, 0) is 6.18 Å². The first-order valence-electron chi connectivity index (χ1n) is 30.2. The number of nitriles is 1. The first kappa shape index (κ1) is 55.0. The van der Waals surface area contributed by atoms with Crippen molar-refractivity contribution in [3.8, 4) is 118 Å². The molecule has 0 spiro atoms. The average molecular weight is 1190 g/mol. The van der Waals surface area contributed by atoms with Gasteiger partial charge in [-0.05, 0) is 101 Å². The van der Waals surface area contributed by atoms with Crippen LogP contribution in [0, 0.1) is 11.3 Å². The predicted molar refractivity (Wildman–Crippen MR) is 365 cm³/mol. The molecular formula is C82H50F3N7. The maximum Gasteiger partial charge on any atom is 0.416 e. The smallest absolute Gasteiger partial charge is 0.308 e. The summed E-state index contributed by atoms with van der Waals surface area (Å²) < 4.78 is 53.8. The molecule has 6 aromatic heterocycles. The first-order valence-corrected chi connectivity index (χ1v) is 30.2. The van der Waals surface area contributed by atoms with Gasteiger partial charge in [0.2, 0.25) is 0 Å². The SMILES string of the molecule is N#Cc1cccc(-c2c(-n3c4cc(-c5ccc(-c6ccccc6)nc5)ccc4c4ccc(-c5ccc(-c6ccccc6)nc5)cc43)cc(C(F)(F)F)cc2-n2c3cc(-c4ccc(-c5ccccc5)nc4)ccc3c3ccc(-c4ccc(-c5ccccc5)nc4)cc32)c1. The van der Waals surface area contributed by atoms with Crippen molar-refractivity contribution in [2.24, 2.45) is 0 Å². The van der Waals surface area contributed by atoms with Gasteiger partial charge >= 0.3 is 6.18 Å². The number of alkyl halides is 3. The minimum atomic E-state index is -4.85. The lowest BCUT2D eigenvalue weighted by molar-refractivity contribution is -0.137. The molecule has 0 bridgehead atoms. The number of aromatic nitrogens is 6. The molecule has 92 heavy (non-hydrogen) atoms. The van der Waals surface area contributed by atoms with Crippen LogP contribution in [0.4, 0.5) is 13.2 Å². The molecule has 0 saturated heterocycles. The Morgan fingerprint density at radius 3 is 0.848 bits per heavy atom. The van der Waals surface area contributed by atoms with Crippen molar-refractivity contribution in [1.29, 1.82) is 5.26 Å². The molecule has 0 N–H and O–H groups in total. The molecule has 0 aliphatic rings. The molecule has 0 unspecified atom stereocenters. The largest absolute Gasteiger partial charge is 0.416 e. The van der Waals surface area contributed by atoms with Crippen LogP contribution in [0.5, 0.6) is 0 Å². The summed E-state index contributed by atoms with van der Waals surface area (Å²) >= 11 is 0. The van der Waals surface area contributed by atoms with Gasteiger partial charge in [0.1, 0.15) is 0 Å². The second-order valence-corrected chi connectivity index (χ2v) is 22.9. The van der Waals surface area contributed by atoms with Gasteiger partial charge in [-0.2, -0.15) is 18.4 Å². The van der Waals surface area contributed by atoms with E-state index in [1.807, 2.05) is 283 Å². The summed E-state index contributed by atoms with van der Waals surface area (Å²) in [5.41, 5.74) is 17.3. The van der Waals surface area contributed by atoms with Gasteiger partial charge in [-0.3, -0.25) is 19.9 Å². The van der Waals surface area contributed by atoms with E-state index in [1.54, 1.807) is 18.2 Å². The zero-order valence-electron chi connectivity index (χ0n) is 49.1. The highest BCUT2D eigenvalue weighted by Gasteiger charge is 2.35. The van der Waals surface area contributed by atoms with Crippen molar-refractivity contribution < 1.29 is 13.2 Å². The van der Waals surface area contributed by atoms with Crippen LogP contribution >= 0.6 is 0 Å². The number of fused-ring (bicyclic) bond motifs is 6. The maximum atomic E-state index is 16.6. The monoisotopic (exact) mass is 1190 g/mol. The topological polar surface area (TPSA) is 85.2 Å². The molecule has 0 amide bonds. The van der Waals surface area contributed by atoms with E-state index in [1.165, 1.54) is 12.1 Å². The lowest BCUT2D eigenvalue weighted by atomic mass is 9.96. The van der Waals surface area contributed by atoms with Gasteiger partial charge in [0, 0.05) is 96.4 Å². The van der Waals surface area contributed by atoms with Crippen molar-refractivity contribution in [3.05, 3.63) is 315 Å². The maximum absolute atomic E-state index is 16.6. The molecule has 0 atom stereocenters. The fourth-order valence-electron chi connectivity index (χ4n) is 12.8. The molecule has 434 valence electrons. The first-order chi connectivity index (χ1) is 45.2. The van der Waals surface area contributed by atoms with Gasteiger partial charge < -0.3 is 9.13 Å². The van der Waals surface area contributed by atoms with E-state index in [2.05, 4.69) is 6.07 Å². The predicted octanol–water partition coefficient (Wildman–Crippen LogP) is 21.4. The summed E-state index contributed by atoms with van der Waals surface area (Å²) in [6, 6.07) is 92.5. The van der Waals surface area contributed by atoms with E-state index in [4.69, 9.17) is 19.9 Å². The minimum absolute atomic E-state index is 0.248. The van der Waals surface area contributed by atoms with E-state index < -0.39 is 11.7 Å². The summed E-state index contributed by atoms with van der Waals surface area (Å²) in [5.74, 6) is 0. The minimum Gasteiger partial charge on any atom is -0.308 e. The van der Waals surface area contributed by atoms with Gasteiger partial charge in [0.25, 0.3) is 0 Å². The van der Waals surface area contributed by atoms with Gasteiger partial charge in [0.15, 0.2) is 0 Å². The number of halogens is 3. The summed E-state index contributed by atoms with van der Waals surface area (Å²) in [7, 11) is 0. The van der Waals surface area contributed by atoms with Crippen LogP contribution in [0.2, 0.25) is 0 Å². The van der Waals surface area contributed by atoms with Crippen molar-refractivity contribution >= 4 is 43.6 Å².